The summed E-state index contributed by atoms with van der Waals surface area (Å²) in [6.45, 7) is 1.88. The number of phenolic OH excluding ortho intramolecular Hbond substituents is 1. The van der Waals surface area contributed by atoms with Gasteiger partial charge in [0.05, 0.1) is 28.8 Å². The summed E-state index contributed by atoms with van der Waals surface area (Å²) in [4.78, 5) is 25.7. The van der Waals surface area contributed by atoms with E-state index in [4.69, 9.17) is 11.6 Å². The van der Waals surface area contributed by atoms with Crippen LogP contribution in [-0.4, -0.2) is 64.0 Å². The van der Waals surface area contributed by atoms with Gasteiger partial charge < -0.3 is 20.2 Å². The molecule has 2 N–H and O–H groups in total. The topological polar surface area (TPSA) is 81.6 Å². The Kier molecular flexibility index (Phi) is 6.06. The molecule has 7 nitrogen and oxygen atoms in total. The Balaban J connectivity index is 1.49. The van der Waals surface area contributed by atoms with E-state index in [0.717, 1.165) is 25.1 Å². The number of aromatic hydroxyl groups is 1. The number of hydrogen-bond acceptors (Lipinski definition) is 6. The minimum atomic E-state index is -0.0390. The van der Waals surface area contributed by atoms with Crippen molar-refractivity contribution >= 4 is 29.0 Å². The molecule has 3 aromatic rings. The summed E-state index contributed by atoms with van der Waals surface area (Å²) in [6.07, 6.45) is 4.23. The lowest BCUT2D eigenvalue weighted by molar-refractivity contribution is 0.0737. The molecule has 1 saturated heterocycles. The highest BCUT2D eigenvalue weighted by Gasteiger charge is 2.27. The molecule has 0 saturated carbocycles. The van der Waals surface area contributed by atoms with Crippen molar-refractivity contribution in [2.75, 3.05) is 32.5 Å². The number of rotatable bonds is 5. The van der Waals surface area contributed by atoms with Crippen LogP contribution in [-0.2, 0) is 0 Å². The molecule has 1 atom stereocenters. The van der Waals surface area contributed by atoms with Gasteiger partial charge in [-0.25, -0.2) is 4.98 Å². The van der Waals surface area contributed by atoms with E-state index in [2.05, 4.69) is 27.2 Å². The fourth-order valence-electron chi connectivity index (χ4n) is 3.68. The van der Waals surface area contributed by atoms with Crippen LogP contribution in [0.3, 0.4) is 0 Å². The summed E-state index contributed by atoms with van der Waals surface area (Å²) in [7, 11) is 3.91. The van der Waals surface area contributed by atoms with Crippen LogP contribution < -0.4 is 5.32 Å². The predicted molar refractivity (Wildman–Crippen MR) is 122 cm³/mol. The van der Waals surface area contributed by atoms with Crippen LogP contribution in [0.1, 0.15) is 16.8 Å². The first kappa shape index (κ1) is 21.1. The molecule has 1 unspecified atom stereocenters. The Bertz CT molecular complexity index is 1090. The second kappa shape index (κ2) is 8.91. The Hall–Kier alpha value is -3.16. The molecular formula is C23H24ClN5O2. The highest BCUT2D eigenvalue weighted by atomic mass is 35.5. The van der Waals surface area contributed by atoms with Gasteiger partial charge in [0.2, 0.25) is 0 Å². The van der Waals surface area contributed by atoms with Crippen molar-refractivity contribution < 1.29 is 9.90 Å². The molecule has 0 bridgehead atoms. The molecule has 0 aliphatic carbocycles. The third kappa shape index (κ3) is 4.78. The Morgan fingerprint density at radius 2 is 2.00 bits per heavy atom. The zero-order valence-corrected chi connectivity index (χ0v) is 18.2. The fourth-order valence-corrected chi connectivity index (χ4v) is 3.91. The van der Waals surface area contributed by atoms with Gasteiger partial charge in [0.15, 0.2) is 0 Å². The molecule has 8 heteroatoms. The number of carbonyl (C=O) groups excluding carboxylic acids is 1. The van der Waals surface area contributed by atoms with E-state index in [9.17, 15) is 9.90 Å². The fraction of sp³-hybridized carbons (Fsp3) is 0.261. The molecule has 1 fully saturated rings. The summed E-state index contributed by atoms with van der Waals surface area (Å²) >= 11 is 6.47. The maximum atomic E-state index is 12.9. The molecule has 160 valence electrons. The summed E-state index contributed by atoms with van der Waals surface area (Å²) in [6, 6.07) is 12.2. The molecule has 0 spiro atoms. The molecule has 2 aromatic carbocycles. The lowest BCUT2D eigenvalue weighted by atomic mass is 10.1. The highest BCUT2D eigenvalue weighted by Crippen LogP contribution is 2.28. The molecular weight excluding hydrogens is 414 g/mol. The number of likely N-dealkylation sites (tertiary alicyclic amines) is 1. The van der Waals surface area contributed by atoms with Crippen LogP contribution in [0.15, 0.2) is 54.9 Å². The number of nitrogens with zero attached hydrogens (tertiary/aromatic N) is 4. The SMILES string of the molecule is CN1CCC(N(C)C(=O)c2ccc(Nc3cncc(-c4ccc(O)cc4)n3)c(Cl)c2)C1. The normalized spacial score (nSPS) is 16.3. The van der Waals surface area contributed by atoms with E-state index in [-0.39, 0.29) is 17.7 Å². The lowest BCUT2D eigenvalue weighted by Crippen LogP contribution is -2.38. The van der Waals surface area contributed by atoms with Gasteiger partial charge in [0, 0.05) is 30.8 Å². The van der Waals surface area contributed by atoms with E-state index in [1.54, 1.807) is 59.8 Å². The van der Waals surface area contributed by atoms with E-state index in [1.807, 2.05) is 7.05 Å². The molecule has 1 amide bonds. The van der Waals surface area contributed by atoms with Gasteiger partial charge in [-0.2, -0.15) is 0 Å². The largest absolute Gasteiger partial charge is 0.508 e. The first-order chi connectivity index (χ1) is 14.9. The monoisotopic (exact) mass is 437 g/mol. The number of halogens is 1. The van der Waals surface area contributed by atoms with Crippen molar-refractivity contribution in [2.24, 2.45) is 0 Å². The maximum Gasteiger partial charge on any atom is 0.253 e. The van der Waals surface area contributed by atoms with Crippen molar-refractivity contribution in [3.63, 3.8) is 0 Å². The Morgan fingerprint density at radius 3 is 2.68 bits per heavy atom. The van der Waals surface area contributed by atoms with Crippen LogP contribution >= 0.6 is 11.6 Å². The molecule has 1 aromatic heterocycles. The average Bonchev–Trinajstić information content (AvgIpc) is 3.21. The predicted octanol–water partition coefficient (Wildman–Crippen LogP) is 4.02. The van der Waals surface area contributed by atoms with Crippen LogP contribution in [0.2, 0.25) is 5.02 Å². The van der Waals surface area contributed by atoms with Crippen molar-refractivity contribution in [3.8, 4) is 17.0 Å². The van der Waals surface area contributed by atoms with Gasteiger partial charge in [-0.05, 0) is 62.5 Å². The van der Waals surface area contributed by atoms with Gasteiger partial charge in [-0.1, -0.05) is 11.6 Å². The first-order valence-electron chi connectivity index (χ1n) is 10.0. The van der Waals surface area contributed by atoms with E-state index in [0.29, 0.717) is 27.8 Å². The number of hydrogen-bond donors (Lipinski definition) is 2. The van der Waals surface area contributed by atoms with E-state index in [1.165, 1.54) is 0 Å². The van der Waals surface area contributed by atoms with Crippen LogP contribution in [0.25, 0.3) is 11.3 Å². The van der Waals surface area contributed by atoms with Crippen molar-refractivity contribution in [3.05, 3.63) is 65.4 Å². The quantitative estimate of drug-likeness (QED) is 0.627. The van der Waals surface area contributed by atoms with E-state index < -0.39 is 0 Å². The zero-order valence-electron chi connectivity index (χ0n) is 17.4. The smallest absolute Gasteiger partial charge is 0.253 e. The standard InChI is InChI=1S/C23H24ClN5O2/c1-28-10-9-17(14-28)29(2)23(31)16-5-8-20(19(24)11-16)26-22-13-25-12-21(27-22)15-3-6-18(30)7-4-15/h3-8,11-13,17,30H,9-10,14H2,1-2H3,(H,26,27). The van der Waals surface area contributed by atoms with Gasteiger partial charge >= 0.3 is 0 Å². The second-order valence-electron chi connectivity index (χ2n) is 7.78. The Labute approximate surface area is 186 Å². The minimum Gasteiger partial charge on any atom is -0.508 e. The van der Waals surface area contributed by atoms with E-state index >= 15 is 0 Å². The number of carbonyl (C=O) groups is 1. The molecule has 0 radical (unpaired) electrons. The Morgan fingerprint density at radius 1 is 1.23 bits per heavy atom. The molecule has 31 heavy (non-hydrogen) atoms. The molecule has 1 aliphatic rings. The summed E-state index contributed by atoms with van der Waals surface area (Å²) < 4.78 is 0. The van der Waals surface area contributed by atoms with Gasteiger partial charge in [-0.15, -0.1) is 0 Å². The van der Waals surface area contributed by atoms with Crippen molar-refractivity contribution in [1.29, 1.82) is 0 Å². The molecule has 2 heterocycles. The van der Waals surface area contributed by atoms with Gasteiger partial charge in [0.25, 0.3) is 5.91 Å². The minimum absolute atomic E-state index is 0.0390. The van der Waals surface area contributed by atoms with Gasteiger partial charge in [-0.3, -0.25) is 9.78 Å². The average molecular weight is 438 g/mol. The number of anilines is 2. The van der Waals surface area contributed by atoms with Crippen LogP contribution in [0, 0.1) is 0 Å². The van der Waals surface area contributed by atoms with Crippen LogP contribution in [0.5, 0.6) is 5.75 Å². The number of amides is 1. The number of benzene rings is 2. The zero-order chi connectivity index (χ0) is 22.0. The number of phenols is 1. The first-order valence-corrected chi connectivity index (χ1v) is 10.4. The van der Waals surface area contributed by atoms with Crippen LogP contribution in [0.4, 0.5) is 11.5 Å². The molecule has 1 aliphatic heterocycles. The second-order valence-corrected chi connectivity index (χ2v) is 8.18. The number of likely N-dealkylation sites (N-methyl/N-ethyl adjacent to an activating group) is 2. The summed E-state index contributed by atoms with van der Waals surface area (Å²) in [5, 5.41) is 13.1. The van der Waals surface area contributed by atoms with Crippen molar-refractivity contribution in [2.45, 2.75) is 12.5 Å². The maximum absolute atomic E-state index is 12.9. The summed E-state index contributed by atoms with van der Waals surface area (Å²) in [5.41, 5.74) is 2.69. The lowest BCUT2D eigenvalue weighted by Gasteiger charge is -2.24. The third-order valence-corrected chi connectivity index (χ3v) is 5.82. The van der Waals surface area contributed by atoms with Gasteiger partial charge in [0.1, 0.15) is 11.6 Å². The summed E-state index contributed by atoms with van der Waals surface area (Å²) in [5.74, 6) is 0.679. The highest BCUT2D eigenvalue weighted by molar-refractivity contribution is 6.33. The van der Waals surface area contributed by atoms with Crippen molar-refractivity contribution in [1.82, 2.24) is 19.8 Å². The molecule has 4 rings (SSSR count). The number of nitrogens with one attached hydrogen (secondary N) is 1. The number of aromatic nitrogens is 2. The third-order valence-electron chi connectivity index (χ3n) is 5.51.